The molecule has 0 N–H and O–H groups in total. The van der Waals surface area contributed by atoms with E-state index in [1.807, 2.05) is 0 Å². The SMILES string of the molecule is N#C[B-](F)(C#N)C#N.N#C[B-](F)(C#N)C#N.[Ca+2]. The van der Waals surface area contributed by atoms with Gasteiger partial charge in [0.15, 0.2) is 0 Å². The third kappa shape index (κ3) is 8.04. The van der Waals surface area contributed by atoms with E-state index >= 15 is 0 Å². The third-order valence-electron chi connectivity index (χ3n) is 1.07. The molecule has 0 aliphatic heterocycles. The van der Waals surface area contributed by atoms with E-state index in [0.29, 0.717) is 0 Å². The molecular weight excluding hydrogens is 256 g/mol. The topological polar surface area (TPSA) is 143 Å². The number of halogens is 2. The van der Waals surface area contributed by atoms with E-state index in [1.54, 1.807) is 0 Å². The van der Waals surface area contributed by atoms with Crippen LogP contribution in [0.3, 0.4) is 0 Å². The molecule has 0 spiro atoms. The van der Waals surface area contributed by atoms with Gasteiger partial charge in [0, 0.05) is 0 Å². The zero-order valence-corrected chi connectivity index (χ0v) is 10.5. The molecule has 76 valence electrons. The molecule has 0 amide bonds. The van der Waals surface area contributed by atoms with E-state index in [1.165, 1.54) is 0 Å². The standard InChI is InChI=1S/2C3BFN3.Ca/c2*5-4(1-6,2-7)3-8;/q2*-1;+2. The minimum atomic E-state index is -3.54. The maximum Gasteiger partial charge on any atom is 2.00 e. The molecule has 0 atom stereocenters. The maximum atomic E-state index is 12.0. The van der Waals surface area contributed by atoms with Crippen molar-refractivity contribution in [1.82, 2.24) is 0 Å². The summed E-state index contributed by atoms with van der Waals surface area (Å²) in [6.07, 6.45) is -7.08. The van der Waals surface area contributed by atoms with Gasteiger partial charge in [-0.15, -0.1) is 0 Å². The molecule has 17 heavy (non-hydrogen) atoms. The second kappa shape index (κ2) is 9.42. The van der Waals surface area contributed by atoms with Crippen LogP contribution in [0.4, 0.5) is 8.63 Å². The van der Waals surface area contributed by atoms with Crippen molar-refractivity contribution in [3.63, 3.8) is 0 Å². The summed E-state index contributed by atoms with van der Waals surface area (Å²) in [6.45, 7) is 0. The summed E-state index contributed by atoms with van der Waals surface area (Å²) in [5, 5.41) is 46.5. The van der Waals surface area contributed by atoms with Crippen LogP contribution >= 0.6 is 0 Å². The fourth-order valence-electron chi connectivity index (χ4n) is 0.173. The van der Waals surface area contributed by atoms with Crippen molar-refractivity contribution in [2.75, 3.05) is 0 Å². The molecule has 0 aliphatic carbocycles. The number of hydrogen-bond donors (Lipinski definition) is 0. The number of hydrogen-bond acceptors (Lipinski definition) is 6. The Morgan fingerprint density at radius 1 is 0.529 bits per heavy atom. The first-order valence-electron chi connectivity index (χ1n) is 3.51. The molecule has 0 fully saturated rings. The van der Waals surface area contributed by atoms with Gasteiger partial charge in [0.2, 0.25) is 0 Å². The summed E-state index contributed by atoms with van der Waals surface area (Å²) in [5.74, 6) is 5.71. The largest absolute Gasteiger partial charge is 2.00 e. The van der Waals surface area contributed by atoms with Gasteiger partial charge in [0.1, 0.15) is 0 Å². The average molecular weight is 256 g/mol. The fraction of sp³-hybridized carbons (Fsp3) is 0. The van der Waals surface area contributed by atoms with Crippen LogP contribution in [-0.2, 0) is 0 Å². The van der Waals surface area contributed by atoms with E-state index in [2.05, 4.69) is 0 Å². The van der Waals surface area contributed by atoms with Crippen LogP contribution in [0.2, 0.25) is 0 Å². The van der Waals surface area contributed by atoms with Gasteiger partial charge in [-0.3, -0.25) is 0 Å². The minimum absolute atomic E-state index is 0. The van der Waals surface area contributed by atoms with Gasteiger partial charge in [-0.25, -0.2) is 31.6 Å². The van der Waals surface area contributed by atoms with Gasteiger partial charge in [-0.2, -0.15) is 0 Å². The number of nitrogens with zero attached hydrogens (tertiary/aromatic N) is 6. The minimum Gasteiger partial charge on any atom is -0.468 e. The van der Waals surface area contributed by atoms with Crippen molar-refractivity contribution in [3.05, 3.63) is 0 Å². The molecule has 6 nitrogen and oxygen atoms in total. The number of rotatable bonds is 0. The molecule has 0 saturated heterocycles. The fourth-order valence-corrected chi connectivity index (χ4v) is 0.173. The van der Waals surface area contributed by atoms with Gasteiger partial charge >= 0.3 is 50.6 Å². The van der Waals surface area contributed by atoms with Crippen LogP contribution < -0.4 is 0 Å². The molecule has 11 heteroatoms. The predicted octanol–water partition coefficient (Wildman–Crippen LogP) is -0.201. The maximum absolute atomic E-state index is 12.0. The summed E-state index contributed by atoms with van der Waals surface area (Å²) in [4.78, 5) is 0. The molecule has 0 saturated carbocycles. The van der Waals surface area contributed by atoms with Gasteiger partial charge in [0.05, 0.1) is 0 Å². The van der Waals surface area contributed by atoms with Gasteiger partial charge in [-0.1, -0.05) is 35.8 Å². The van der Waals surface area contributed by atoms with Crippen molar-refractivity contribution in [2.45, 2.75) is 0 Å². The smallest absolute Gasteiger partial charge is 0.468 e. The first-order chi connectivity index (χ1) is 7.36. The Hall–Kier alpha value is -1.81. The van der Waals surface area contributed by atoms with Crippen molar-refractivity contribution in [3.8, 4) is 35.8 Å². The molecule has 0 unspecified atom stereocenters. The molecule has 0 radical (unpaired) electrons. The summed E-state index contributed by atoms with van der Waals surface area (Å²) in [7, 11) is 0. The summed E-state index contributed by atoms with van der Waals surface area (Å²) in [6, 6.07) is 0. The second-order valence-corrected chi connectivity index (χ2v) is 2.30. The molecule has 0 aliphatic rings. The first-order valence-corrected chi connectivity index (χ1v) is 3.51. The molecular formula is C6B2CaF2N6. The van der Waals surface area contributed by atoms with Gasteiger partial charge < -0.3 is 8.63 Å². The third-order valence-corrected chi connectivity index (χ3v) is 1.07. The Morgan fingerprint density at radius 3 is 0.647 bits per heavy atom. The van der Waals surface area contributed by atoms with Crippen LogP contribution in [0.1, 0.15) is 0 Å². The van der Waals surface area contributed by atoms with Gasteiger partial charge in [0.25, 0.3) is 0 Å². The molecule has 0 aromatic carbocycles. The van der Waals surface area contributed by atoms with Crippen LogP contribution in [0, 0.1) is 67.4 Å². The summed E-state index contributed by atoms with van der Waals surface area (Å²) < 4.78 is 23.9. The number of nitriles is 6. The molecule has 0 aromatic rings. The van der Waals surface area contributed by atoms with Crippen molar-refractivity contribution in [1.29, 1.82) is 31.6 Å². The molecule has 0 rings (SSSR count). The molecule has 0 heterocycles. The van der Waals surface area contributed by atoms with Crippen molar-refractivity contribution < 1.29 is 8.63 Å². The zero-order chi connectivity index (χ0) is 13.2. The summed E-state index contributed by atoms with van der Waals surface area (Å²) in [5.41, 5.74) is 0. The average Bonchev–Trinajstić information content (AvgIpc) is 2.37. The van der Waals surface area contributed by atoms with Crippen LogP contribution in [0.25, 0.3) is 0 Å². The predicted molar refractivity (Wildman–Crippen MR) is 53.2 cm³/mol. The summed E-state index contributed by atoms with van der Waals surface area (Å²) >= 11 is 0. The van der Waals surface area contributed by atoms with E-state index < -0.39 is 12.8 Å². The van der Waals surface area contributed by atoms with E-state index in [0.717, 1.165) is 35.8 Å². The Labute approximate surface area is 126 Å². The quantitative estimate of drug-likeness (QED) is 0.548. The zero-order valence-electron chi connectivity index (χ0n) is 8.30. The molecule has 0 aromatic heterocycles. The van der Waals surface area contributed by atoms with Crippen LogP contribution in [-0.4, -0.2) is 50.6 Å². The van der Waals surface area contributed by atoms with E-state index in [9.17, 15) is 8.63 Å². The van der Waals surface area contributed by atoms with E-state index in [-0.39, 0.29) is 37.7 Å². The Morgan fingerprint density at radius 2 is 0.647 bits per heavy atom. The van der Waals surface area contributed by atoms with Crippen LogP contribution in [0.5, 0.6) is 0 Å². The normalized spacial score (nSPS) is 7.76. The Kier molecular flexibility index (Phi) is 11.4. The van der Waals surface area contributed by atoms with E-state index in [4.69, 9.17) is 31.6 Å². The Bertz CT molecular complexity index is 389. The monoisotopic (exact) mass is 256 g/mol. The van der Waals surface area contributed by atoms with Crippen LogP contribution in [0.15, 0.2) is 0 Å². The molecule has 0 bridgehead atoms. The van der Waals surface area contributed by atoms with Crippen molar-refractivity contribution in [2.24, 2.45) is 0 Å². The van der Waals surface area contributed by atoms with Gasteiger partial charge in [-0.05, 0) is 0 Å². The Balaban J connectivity index is -0.000000218. The van der Waals surface area contributed by atoms with Crippen molar-refractivity contribution >= 4 is 50.6 Å². The second-order valence-electron chi connectivity index (χ2n) is 2.30. The first kappa shape index (κ1) is 20.6.